The van der Waals surface area contributed by atoms with Crippen LogP contribution in [0.4, 0.5) is 0 Å². The second-order valence-electron chi connectivity index (χ2n) is 6.25. The number of hydrogen-bond acceptors (Lipinski definition) is 6. The number of hydrogen-bond donors (Lipinski definition) is 3. The van der Waals surface area contributed by atoms with Crippen LogP contribution in [0.3, 0.4) is 0 Å². The number of nitrogens with one attached hydrogen (secondary N) is 3. The van der Waals surface area contributed by atoms with E-state index >= 15 is 0 Å². The zero-order valence-electron chi connectivity index (χ0n) is 15.0. The molecule has 2 atom stereocenters. The third kappa shape index (κ3) is 4.93. The van der Waals surface area contributed by atoms with Crippen LogP contribution in [-0.4, -0.2) is 36.7 Å². The second kappa shape index (κ2) is 8.64. The summed E-state index contributed by atoms with van der Waals surface area (Å²) in [6, 6.07) is 13.0. The minimum Gasteiger partial charge on any atom is -0.497 e. The minimum absolute atomic E-state index is 0.0500. The molecule has 0 spiro atoms. The van der Waals surface area contributed by atoms with Crippen molar-refractivity contribution in [2.24, 2.45) is 0 Å². The number of amides is 1. The van der Waals surface area contributed by atoms with E-state index in [0.29, 0.717) is 19.6 Å². The number of ether oxygens (including phenoxy) is 2. The summed E-state index contributed by atoms with van der Waals surface area (Å²) in [6.45, 7) is 2.81. The summed E-state index contributed by atoms with van der Waals surface area (Å²) in [5.74, 6) is 1.44. The Labute approximate surface area is 153 Å². The van der Waals surface area contributed by atoms with Crippen molar-refractivity contribution in [2.45, 2.75) is 32.0 Å². The van der Waals surface area contributed by atoms with Gasteiger partial charge in [0.15, 0.2) is 0 Å². The molecule has 1 saturated heterocycles. The molecule has 2 unspecified atom stereocenters. The van der Waals surface area contributed by atoms with Gasteiger partial charge in [-0.3, -0.25) is 15.2 Å². The van der Waals surface area contributed by atoms with Gasteiger partial charge in [-0.05, 0) is 37.6 Å². The van der Waals surface area contributed by atoms with Gasteiger partial charge in [-0.25, -0.2) is 5.43 Å². The van der Waals surface area contributed by atoms with Crippen LogP contribution in [-0.2, 0) is 11.3 Å². The molecule has 26 heavy (non-hydrogen) atoms. The Morgan fingerprint density at radius 1 is 1.23 bits per heavy atom. The van der Waals surface area contributed by atoms with Gasteiger partial charge in [-0.15, -0.1) is 0 Å². The highest BCUT2D eigenvalue weighted by molar-refractivity contribution is 5.81. The number of carbonyl (C=O) groups excluding carboxylic acids is 1. The summed E-state index contributed by atoms with van der Waals surface area (Å²) in [7, 11) is 1.62. The Bertz CT molecular complexity index is 753. The van der Waals surface area contributed by atoms with E-state index in [-0.39, 0.29) is 18.0 Å². The lowest BCUT2D eigenvalue weighted by atomic mass is 10.1. The molecule has 0 radical (unpaired) electrons. The van der Waals surface area contributed by atoms with E-state index in [4.69, 9.17) is 9.47 Å². The molecule has 2 heterocycles. The minimum atomic E-state index is -0.293. The lowest BCUT2D eigenvalue weighted by molar-refractivity contribution is -0.123. The predicted octanol–water partition coefficient (Wildman–Crippen LogP) is 1.33. The molecule has 1 aliphatic heterocycles. The van der Waals surface area contributed by atoms with Crippen molar-refractivity contribution >= 4 is 5.91 Å². The summed E-state index contributed by atoms with van der Waals surface area (Å²) < 4.78 is 11.0. The third-order valence-corrected chi connectivity index (χ3v) is 4.18. The molecule has 7 heteroatoms. The molecule has 0 aliphatic carbocycles. The fraction of sp³-hybridized carbons (Fsp3) is 0.368. The van der Waals surface area contributed by atoms with Gasteiger partial charge in [0, 0.05) is 11.8 Å². The van der Waals surface area contributed by atoms with Crippen molar-refractivity contribution in [1.29, 1.82) is 0 Å². The van der Waals surface area contributed by atoms with Crippen LogP contribution in [0.15, 0.2) is 42.5 Å². The van der Waals surface area contributed by atoms with Gasteiger partial charge in [0.25, 0.3) is 0 Å². The van der Waals surface area contributed by atoms with Crippen LogP contribution in [0.2, 0.25) is 0 Å². The quantitative estimate of drug-likeness (QED) is 0.694. The molecule has 0 saturated carbocycles. The highest BCUT2D eigenvalue weighted by Crippen LogP contribution is 2.19. The number of rotatable bonds is 7. The number of methoxy groups -OCH3 is 1. The van der Waals surface area contributed by atoms with Crippen LogP contribution in [0.25, 0.3) is 0 Å². The summed E-state index contributed by atoms with van der Waals surface area (Å²) in [4.78, 5) is 16.7. The fourth-order valence-electron chi connectivity index (χ4n) is 2.79. The molecule has 1 aromatic carbocycles. The molecule has 1 aromatic heterocycles. The Kier molecular flexibility index (Phi) is 6.04. The number of aryl methyl sites for hydroxylation is 1. The average molecular weight is 356 g/mol. The number of nitrogens with zero attached hydrogens (tertiary/aromatic N) is 1. The van der Waals surface area contributed by atoms with E-state index in [1.54, 1.807) is 7.11 Å². The van der Waals surface area contributed by atoms with Crippen molar-refractivity contribution in [3.63, 3.8) is 0 Å². The van der Waals surface area contributed by atoms with Crippen molar-refractivity contribution in [1.82, 2.24) is 21.2 Å². The standard InChI is InChI=1S/C19H24N4O3/c1-13-5-3-6-14(21-13)11-20-19(24)18-9-15(22-23-18)12-26-17-8-4-7-16(10-17)25-2/h3-8,10,15,18,22-23H,9,11-12H2,1-2H3,(H,20,24). The topological polar surface area (TPSA) is 84.5 Å². The first kappa shape index (κ1) is 18.2. The van der Waals surface area contributed by atoms with Crippen LogP contribution in [0, 0.1) is 6.92 Å². The largest absolute Gasteiger partial charge is 0.497 e. The van der Waals surface area contributed by atoms with Crippen LogP contribution in [0.1, 0.15) is 17.8 Å². The highest BCUT2D eigenvalue weighted by atomic mass is 16.5. The molecule has 3 N–H and O–H groups in total. The molecule has 1 amide bonds. The number of benzene rings is 1. The Hall–Kier alpha value is -2.64. The SMILES string of the molecule is COc1cccc(OCC2CC(C(=O)NCc3cccc(C)n3)NN2)c1. The maximum Gasteiger partial charge on any atom is 0.238 e. The Morgan fingerprint density at radius 2 is 2.04 bits per heavy atom. The maximum absolute atomic E-state index is 12.3. The van der Waals surface area contributed by atoms with Gasteiger partial charge < -0.3 is 14.8 Å². The summed E-state index contributed by atoms with van der Waals surface area (Å²) in [5.41, 5.74) is 7.92. The summed E-state index contributed by atoms with van der Waals surface area (Å²) >= 11 is 0. The number of hydrazine groups is 1. The first-order valence-electron chi connectivity index (χ1n) is 8.62. The normalized spacial score (nSPS) is 19.2. The number of aromatic nitrogens is 1. The molecular weight excluding hydrogens is 332 g/mol. The smallest absolute Gasteiger partial charge is 0.238 e. The van der Waals surface area contributed by atoms with Gasteiger partial charge in [0.2, 0.25) is 5.91 Å². The predicted molar refractivity (Wildman–Crippen MR) is 97.8 cm³/mol. The number of carbonyl (C=O) groups is 1. The summed E-state index contributed by atoms with van der Waals surface area (Å²) in [5, 5.41) is 2.92. The summed E-state index contributed by atoms with van der Waals surface area (Å²) in [6.07, 6.45) is 0.650. The first-order valence-corrected chi connectivity index (χ1v) is 8.62. The van der Waals surface area contributed by atoms with Gasteiger partial charge in [0.05, 0.1) is 25.4 Å². The Morgan fingerprint density at radius 3 is 2.85 bits per heavy atom. The second-order valence-corrected chi connectivity index (χ2v) is 6.25. The fourth-order valence-corrected chi connectivity index (χ4v) is 2.79. The molecule has 0 bridgehead atoms. The molecule has 1 fully saturated rings. The van der Waals surface area contributed by atoms with Gasteiger partial charge in [-0.2, -0.15) is 0 Å². The number of pyridine rings is 1. The molecule has 2 aromatic rings. The lowest BCUT2D eigenvalue weighted by Gasteiger charge is -2.12. The molecule has 1 aliphatic rings. The van der Waals surface area contributed by atoms with E-state index in [0.717, 1.165) is 22.9 Å². The monoisotopic (exact) mass is 356 g/mol. The van der Waals surface area contributed by atoms with Gasteiger partial charge in [0.1, 0.15) is 24.1 Å². The zero-order valence-corrected chi connectivity index (χ0v) is 15.0. The van der Waals surface area contributed by atoms with E-state index in [1.807, 2.05) is 49.4 Å². The van der Waals surface area contributed by atoms with Crippen molar-refractivity contribution < 1.29 is 14.3 Å². The van der Waals surface area contributed by atoms with E-state index in [2.05, 4.69) is 21.2 Å². The van der Waals surface area contributed by atoms with Crippen molar-refractivity contribution in [3.05, 3.63) is 53.9 Å². The van der Waals surface area contributed by atoms with E-state index in [9.17, 15) is 4.79 Å². The average Bonchev–Trinajstić information content (AvgIpc) is 3.14. The Balaban J connectivity index is 1.43. The van der Waals surface area contributed by atoms with Gasteiger partial charge in [-0.1, -0.05) is 12.1 Å². The van der Waals surface area contributed by atoms with Gasteiger partial charge >= 0.3 is 0 Å². The lowest BCUT2D eigenvalue weighted by Crippen LogP contribution is -2.43. The third-order valence-electron chi connectivity index (χ3n) is 4.18. The maximum atomic E-state index is 12.3. The molecule has 7 nitrogen and oxygen atoms in total. The first-order chi connectivity index (χ1) is 12.6. The van der Waals surface area contributed by atoms with Crippen molar-refractivity contribution in [3.8, 4) is 11.5 Å². The van der Waals surface area contributed by atoms with E-state index in [1.165, 1.54) is 0 Å². The molecule has 138 valence electrons. The van der Waals surface area contributed by atoms with Crippen LogP contribution in [0.5, 0.6) is 11.5 Å². The highest BCUT2D eigenvalue weighted by Gasteiger charge is 2.29. The van der Waals surface area contributed by atoms with Crippen molar-refractivity contribution in [2.75, 3.05) is 13.7 Å². The zero-order chi connectivity index (χ0) is 18.4. The van der Waals surface area contributed by atoms with E-state index < -0.39 is 0 Å². The molecule has 3 rings (SSSR count). The van der Waals surface area contributed by atoms with Crippen LogP contribution >= 0.6 is 0 Å². The molecular formula is C19H24N4O3. The van der Waals surface area contributed by atoms with Crippen LogP contribution < -0.4 is 25.6 Å².